The second kappa shape index (κ2) is 2.73. The van der Waals surface area contributed by atoms with Gasteiger partial charge in [-0.25, -0.2) is 0 Å². The summed E-state index contributed by atoms with van der Waals surface area (Å²) in [6.45, 7) is 1.16. The summed E-state index contributed by atoms with van der Waals surface area (Å²) in [5, 5.41) is 0. The van der Waals surface area contributed by atoms with Crippen LogP contribution >= 0.6 is 0 Å². The number of hydrogen-bond acceptors (Lipinski definition) is 1. The molecule has 0 unspecified atom stereocenters. The summed E-state index contributed by atoms with van der Waals surface area (Å²) in [4.78, 5) is 0. The molecule has 0 aliphatic carbocycles. The minimum absolute atomic E-state index is 0. The third kappa shape index (κ3) is 1.38. The molecule has 1 rings (SSSR count). The van der Waals surface area contributed by atoms with E-state index in [9.17, 15) is 0 Å². The predicted octanol–water partition coefficient (Wildman–Crippen LogP) is -2.07. The molecule has 0 aromatic rings. The van der Waals surface area contributed by atoms with E-state index in [1.165, 1.54) is 6.04 Å². The standard InChI is InChI=1S/C2H10OSi3.H2/c1-2-4-6-5-3-1;/h1-2,4-6H2;1H. The molecule has 0 amide bonds. The zero-order valence-electron chi connectivity index (χ0n) is 3.94. The molecular weight excluding hydrogens is 124 g/mol. The van der Waals surface area contributed by atoms with Crippen LogP contribution < -0.4 is 0 Å². The highest BCUT2D eigenvalue weighted by atomic mass is 29.5. The summed E-state index contributed by atoms with van der Waals surface area (Å²) < 4.78 is 5.30. The van der Waals surface area contributed by atoms with Gasteiger partial charge in [-0.05, 0) is 6.04 Å². The maximum Gasteiger partial charge on any atom is 0.140 e. The molecule has 0 spiro atoms. The van der Waals surface area contributed by atoms with Crippen molar-refractivity contribution in [3.63, 3.8) is 0 Å². The van der Waals surface area contributed by atoms with Crippen LogP contribution in [0.1, 0.15) is 1.43 Å². The molecule has 1 aliphatic rings. The third-order valence-electron chi connectivity index (χ3n) is 1.08. The van der Waals surface area contributed by atoms with Crippen molar-refractivity contribution in [2.75, 3.05) is 6.61 Å². The average molecular weight is 136 g/mol. The highest BCUT2D eigenvalue weighted by molar-refractivity contribution is 7.28. The molecule has 0 radical (unpaired) electrons. The van der Waals surface area contributed by atoms with E-state index in [1.807, 2.05) is 0 Å². The zero-order chi connectivity index (χ0) is 4.24. The van der Waals surface area contributed by atoms with Crippen LogP contribution in [-0.2, 0) is 4.43 Å². The maximum atomic E-state index is 5.30. The van der Waals surface area contributed by atoms with Crippen LogP contribution in [0.5, 0.6) is 0 Å². The van der Waals surface area contributed by atoms with Gasteiger partial charge in [-0.2, -0.15) is 0 Å². The van der Waals surface area contributed by atoms with E-state index in [0.717, 1.165) is 6.61 Å². The average Bonchev–Trinajstić information content (AvgIpc) is 1.72. The normalized spacial score (nSPS) is 36.0. The summed E-state index contributed by atoms with van der Waals surface area (Å²) in [6.07, 6.45) is 0. The van der Waals surface area contributed by atoms with E-state index in [0.29, 0.717) is 17.6 Å². The highest BCUT2D eigenvalue weighted by Crippen LogP contribution is 1.84. The molecule has 0 N–H and O–H groups in total. The van der Waals surface area contributed by atoms with Gasteiger partial charge in [0.1, 0.15) is 9.28 Å². The van der Waals surface area contributed by atoms with Crippen molar-refractivity contribution in [2.45, 2.75) is 6.04 Å². The fourth-order valence-corrected chi connectivity index (χ4v) is 13.0. The second-order valence-corrected chi connectivity index (χ2v) is 16.4. The monoisotopic (exact) mass is 136 g/mol. The zero-order valence-corrected chi connectivity index (χ0v) is 8.19. The van der Waals surface area contributed by atoms with Crippen LogP contribution in [-0.4, -0.2) is 33.5 Å². The first-order valence-corrected chi connectivity index (χ1v) is 12.2. The summed E-state index contributed by atoms with van der Waals surface area (Å²) in [7, 11) is 1.36. The van der Waals surface area contributed by atoms with Crippen LogP contribution in [0.15, 0.2) is 0 Å². The lowest BCUT2D eigenvalue weighted by atomic mass is 10.9. The van der Waals surface area contributed by atoms with Gasteiger partial charge >= 0.3 is 0 Å². The number of rotatable bonds is 0. The second-order valence-electron chi connectivity index (χ2n) is 1.67. The fourth-order valence-electron chi connectivity index (χ4n) is 0.687. The van der Waals surface area contributed by atoms with Crippen molar-refractivity contribution in [1.29, 1.82) is 0 Å². The van der Waals surface area contributed by atoms with Gasteiger partial charge in [0.05, 0.1) is 0 Å². The van der Waals surface area contributed by atoms with Crippen molar-refractivity contribution in [3.8, 4) is 0 Å². The highest BCUT2D eigenvalue weighted by Gasteiger charge is 1.97. The Morgan fingerprint density at radius 1 is 1.67 bits per heavy atom. The Hall–Kier alpha value is 0.611. The molecule has 4 heteroatoms. The topological polar surface area (TPSA) is 9.23 Å². The van der Waals surface area contributed by atoms with Gasteiger partial charge in [0.25, 0.3) is 0 Å². The first-order chi connectivity index (χ1) is 3.00. The van der Waals surface area contributed by atoms with Crippen molar-refractivity contribution in [2.24, 2.45) is 0 Å². The SMILES string of the molecule is C1C[SiH2][SiH2][SiH2]O1.[HH]. The molecule has 1 saturated heterocycles. The van der Waals surface area contributed by atoms with E-state index in [-0.39, 0.29) is 10.7 Å². The molecular formula is C2H12OSi3. The Labute approximate surface area is 46.1 Å². The predicted molar refractivity (Wildman–Crippen MR) is 38.5 cm³/mol. The summed E-state index contributed by atoms with van der Waals surface area (Å²) in [6, 6.07) is 1.51. The molecule has 1 nitrogen and oxygen atoms in total. The van der Waals surface area contributed by atoms with E-state index < -0.39 is 0 Å². The van der Waals surface area contributed by atoms with Crippen LogP contribution in [0.25, 0.3) is 0 Å². The quantitative estimate of drug-likeness (QED) is 0.348. The Bertz CT molecular complexity index is 28.4. The van der Waals surface area contributed by atoms with Gasteiger partial charge in [0.2, 0.25) is 0 Å². The van der Waals surface area contributed by atoms with Gasteiger partial charge in [0, 0.05) is 25.6 Å². The maximum absolute atomic E-state index is 5.30. The lowest BCUT2D eigenvalue weighted by molar-refractivity contribution is 0.368. The van der Waals surface area contributed by atoms with E-state index in [2.05, 4.69) is 0 Å². The van der Waals surface area contributed by atoms with Gasteiger partial charge in [-0.3, -0.25) is 0 Å². The molecule has 6 heavy (non-hydrogen) atoms. The summed E-state index contributed by atoms with van der Waals surface area (Å²) >= 11 is 0. The van der Waals surface area contributed by atoms with E-state index >= 15 is 0 Å². The molecule has 1 fully saturated rings. The van der Waals surface area contributed by atoms with Crippen molar-refractivity contribution in [1.82, 2.24) is 0 Å². The van der Waals surface area contributed by atoms with Crippen LogP contribution in [0.2, 0.25) is 6.04 Å². The molecule has 38 valence electrons. The largest absolute Gasteiger partial charge is 0.429 e. The number of hydrogen-bond donors (Lipinski definition) is 0. The lowest BCUT2D eigenvalue weighted by Crippen LogP contribution is -2.23. The van der Waals surface area contributed by atoms with Gasteiger partial charge in [0.15, 0.2) is 0 Å². The third-order valence-corrected chi connectivity index (χ3v) is 15.1. The minimum Gasteiger partial charge on any atom is -0.429 e. The molecule has 0 aromatic heterocycles. The van der Waals surface area contributed by atoms with E-state index in [4.69, 9.17) is 4.43 Å². The Kier molecular flexibility index (Phi) is 2.17. The minimum atomic E-state index is 0. The van der Waals surface area contributed by atoms with Crippen molar-refractivity contribution >= 4 is 26.9 Å². The first kappa shape index (κ1) is 4.76. The summed E-state index contributed by atoms with van der Waals surface area (Å²) in [5.41, 5.74) is 0. The summed E-state index contributed by atoms with van der Waals surface area (Å²) in [5.74, 6) is 0. The molecule has 0 aromatic carbocycles. The molecule has 0 atom stereocenters. The van der Waals surface area contributed by atoms with Crippen LogP contribution in [0.4, 0.5) is 0 Å². The Morgan fingerprint density at radius 2 is 2.67 bits per heavy atom. The van der Waals surface area contributed by atoms with Gasteiger partial charge < -0.3 is 4.43 Å². The Morgan fingerprint density at radius 3 is 2.83 bits per heavy atom. The van der Waals surface area contributed by atoms with Crippen LogP contribution in [0, 0.1) is 0 Å². The van der Waals surface area contributed by atoms with Crippen LogP contribution in [0.3, 0.4) is 0 Å². The van der Waals surface area contributed by atoms with Crippen molar-refractivity contribution in [3.05, 3.63) is 0 Å². The smallest absolute Gasteiger partial charge is 0.140 e. The van der Waals surface area contributed by atoms with Gasteiger partial charge in [-0.15, -0.1) is 0 Å². The van der Waals surface area contributed by atoms with Gasteiger partial charge in [-0.1, -0.05) is 0 Å². The van der Waals surface area contributed by atoms with Crippen molar-refractivity contribution < 1.29 is 5.85 Å². The fraction of sp³-hybridized carbons (Fsp3) is 1.00. The molecule has 1 heterocycles. The van der Waals surface area contributed by atoms with E-state index in [1.54, 1.807) is 0 Å². The lowest BCUT2D eigenvalue weighted by Gasteiger charge is -2.06. The molecule has 0 saturated carbocycles. The molecule has 1 aliphatic heterocycles. The Balaban J connectivity index is 0.000000360. The molecule has 0 bridgehead atoms. The first-order valence-electron chi connectivity index (χ1n) is 2.58.